The third kappa shape index (κ3) is 3.97. The van der Waals surface area contributed by atoms with Gasteiger partial charge in [-0.3, -0.25) is 0 Å². The van der Waals surface area contributed by atoms with Crippen LogP contribution in [0.25, 0.3) is 0 Å². The summed E-state index contributed by atoms with van der Waals surface area (Å²) in [5.41, 5.74) is 5.86. The van der Waals surface area contributed by atoms with Gasteiger partial charge in [0, 0.05) is 20.1 Å². The zero-order valence-electron chi connectivity index (χ0n) is 9.40. The Balaban J connectivity index is 2.41. The van der Waals surface area contributed by atoms with E-state index in [1.54, 1.807) is 7.11 Å². The molecule has 0 aliphatic carbocycles. The second-order valence-corrected chi connectivity index (χ2v) is 3.54. The van der Waals surface area contributed by atoms with E-state index in [1.165, 1.54) is 0 Å². The SMILES string of the molecule is CCCC(N)c1noc(CCCOC)n1. The Morgan fingerprint density at radius 2 is 2.33 bits per heavy atom. The molecule has 5 nitrogen and oxygen atoms in total. The Morgan fingerprint density at radius 3 is 3.00 bits per heavy atom. The van der Waals surface area contributed by atoms with Gasteiger partial charge in [0.2, 0.25) is 5.89 Å². The Morgan fingerprint density at radius 1 is 1.53 bits per heavy atom. The molecule has 0 saturated carbocycles. The quantitative estimate of drug-likeness (QED) is 0.694. The number of rotatable bonds is 7. The standard InChI is InChI=1S/C10H19N3O2/c1-3-5-8(11)10-12-9(15-13-10)6-4-7-14-2/h8H,3-7,11H2,1-2H3. The molecule has 1 aromatic heterocycles. The molecule has 0 aromatic carbocycles. The molecular weight excluding hydrogens is 194 g/mol. The summed E-state index contributed by atoms with van der Waals surface area (Å²) in [6, 6.07) is -0.102. The average Bonchev–Trinajstić information content (AvgIpc) is 2.67. The summed E-state index contributed by atoms with van der Waals surface area (Å²) in [7, 11) is 1.68. The van der Waals surface area contributed by atoms with E-state index in [2.05, 4.69) is 17.1 Å². The van der Waals surface area contributed by atoms with E-state index in [0.29, 0.717) is 18.3 Å². The lowest BCUT2D eigenvalue weighted by atomic mass is 10.2. The van der Waals surface area contributed by atoms with E-state index in [1.807, 2.05) is 0 Å². The number of hydrogen-bond donors (Lipinski definition) is 1. The predicted molar refractivity (Wildman–Crippen MR) is 56.3 cm³/mol. The molecule has 1 aromatic rings. The summed E-state index contributed by atoms with van der Waals surface area (Å²) in [6.45, 7) is 2.79. The smallest absolute Gasteiger partial charge is 0.226 e. The van der Waals surface area contributed by atoms with Crippen LogP contribution in [0.4, 0.5) is 0 Å². The lowest BCUT2D eigenvalue weighted by molar-refractivity contribution is 0.192. The molecule has 0 fully saturated rings. The van der Waals surface area contributed by atoms with Crippen molar-refractivity contribution in [3.05, 3.63) is 11.7 Å². The maximum Gasteiger partial charge on any atom is 0.226 e. The fraction of sp³-hybridized carbons (Fsp3) is 0.800. The van der Waals surface area contributed by atoms with Gasteiger partial charge in [-0.2, -0.15) is 4.98 Å². The number of aryl methyl sites for hydroxylation is 1. The van der Waals surface area contributed by atoms with Crippen molar-refractivity contribution in [2.45, 2.75) is 38.6 Å². The molecule has 0 aliphatic rings. The van der Waals surface area contributed by atoms with E-state index in [9.17, 15) is 0 Å². The van der Waals surface area contributed by atoms with Gasteiger partial charge in [0.25, 0.3) is 0 Å². The molecule has 2 N–H and O–H groups in total. The van der Waals surface area contributed by atoms with Crippen LogP contribution in [0.2, 0.25) is 0 Å². The summed E-state index contributed by atoms with van der Waals surface area (Å²) in [5.74, 6) is 1.26. The minimum absolute atomic E-state index is 0.102. The van der Waals surface area contributed by atoms with Crippen LogP contribution >= 0.6 is 0 Å². The van der Waals surface area contributed by atoms with Crippen molar-refractivity contribution in [1.82, 2.24) is 10.1 Å². The molecule has 86 valence electrons. The van der Waals surface area contributed by atoms with Gasteiger partial charge >= 0.3 is 0 Å². The van der Waals surface area contributed by atoms with Gasteiger partial charge in [0.1, 0.15) is 0 Å². The van der Waals surface area contributed by atoms with E-state index in [-0.39, 0.29) is 6.04 Å². The number of methoxy groups -OCH3 is 1. The number of hydrogen-bond acceptors (Lipinski definition) is 5. The second-order valence-electron chi connectivity index (χ2n) is 3.54. The van der Waals surface area contributed by atoms with Crippen LogP contribution in [-0.4, -0.2) is 23.9 Å². The molecule has 1 heterocycles. The monoisotopic (exact) mass is 213 g/mol. The zero-order chi connectivity index (χ0) is 11.1. The normalized spacial score (nSPS) is 13.0. The molecule has 0 amide bonds. The number of ether oxygens (including phenoxy) is 1. The summed E-state index contributed by atoms with van der Waals surface area (Å²) in [5, 5.41) is 3.86. The van der Waals surface area contributed by atoms with E-state index in [0.717, 1.165) is 25.7 Å². The van der Waals surface area contributed by atoms with E-state index < -0.39 is 0 Å². The van der Waals surface area contributed by atoms with Gasteiger partial charge in [-0.1, -0.05) is 18.5 Å². The summed E-state index contributed by atoms with van der Waals surface area (Å²) in [6.07, 6.45) is 3.55. The van der Waals surface area contributed by atoms with Crippen molar-refractivity contribution >= 4 is 0 Å². The van der Waals surface area contributed by atoms with Crippen LogP contribution in [0, 0.1) is 0 Å². The summed E-state index contributed by atoms with van der Waals surface area (Å²) >= 11 is 0. The molecule has 0 aliphatic heterocycles. The lowest BCUT2D eigenvalue weighted by Crippen LogP contribution is -2.11. The van der Waals surface area contributed by atoms with Crippen LogP contribution in [0.1, 0.15) is 43.9 Å². The Kier molecular flexibility index (Phi) is 5.28. The van der Waals surface area contributed by atoms with Crippen molar-refractivity contribution in [3.63, 3.8) is 0 Å². The molecule has 5 heteroatoms. The third-order valence-electron chi connectivity index (χ3n) is 2.15. The van der Waals surface area contributed by atoms with Crippen LogP contribution < -0.4 is 5.73 Å². The van der Waals surface area contributed by atoms with Crippen molar-refractivity contribution in [3.8, 4) is 0 Å². The first-order valence-corrected chi connectivity index (χ1v) is 5.35. The Bertz CT molecular complexity index is 275. The highest BCUT2D eigenvalue weighted by Gasteiger charge is 2.12. The molecule has 0 spiro atoms. The molecule has 1 rings (SSSR count). The molecule has 15 heavy (non-hydrogen) atoms. The Hall–Kier alpha value is -0.940. The molecule has 0 saturated heterocycles. The molecule has 0 radical (unpaired) electrons. The predicted octanol–water partition coefficient (Wildman–Crippen LogP) is 1.45. The van der Waals surface area contributed by atoms with Gasteiger partial charge in [0.05, 0.1) is 6.04 Å². The fourth-order valence-electron chi connectivity index (χ4n) is 1.33. The van der Waals surface area contributed by atoms with Crippen LogP contribution in [0.15, 0.2) is 4.52 Å². The molecular formula is C10H19N3O2. The molecule has 0 bridgehead atoms. The highest BCUT2D eigenvalue weighted by atomic mass is 16.5. The molecule has 1 unspecified atom stereocenters. The molecule has 1 atom stereocenters. The first-order valence-electron chi connectivity index (χ1n) is 5.35. The summed E-state index contributed by atoms with van der Waals surface area (Å²) in [4.78, 5) is 4.24. The number of nitrogens with two attached hydrogens (primary N) is 1. The largest absolute Gasteiger partial charge is 0.385 e. The topological polar surface area (TPSA) is 74.2 Å². The van der Waals surface area contributed by atoms with Crippen LogP contribution in [-0.2, 0) is 11.2 Å². The van der Waals surface area contributed by atoms with Crippen LogP contribution in [0.3, 0.4) is 0 Å². The second kappa shape index (κ2) is 6.53. The minimum atomic E-state index is -0.102. The Labute approximate surface area is 90.0 Å². The fourth-order valence-corrected chi connectivity index (χ4v) is 1.33. The third-order valence-corrected chi connectivity index (χ3v) is 2.15. The first-order chi connectivity index (χ1) is 7.27. The maximum absolute atomic E-state index is 5.86. The van der Waals surface area contributed by atoms with Gasteiger partial charge in [-0.05, 0) is 12.8 Å². The highest BCUT2D eigenvalue weighted by Crippen LogP contribution is 2.12. The lowest BCUT2D eigenvalue weighted by Gasteiger charge is -2.02. The van der Waals surface area contributed by atoms with E-state index in [4.69, 9.17) is 15.0 Å². The number of aromatic nitrogens is 2. The van der Waals surface area contributed by atoms with Crippen molar-refractivity contribution in [1.29, 1.82) is 0 Å². The van der Waals surface area contributed by atoms with Gasteiger partial charge < -0.3 is 15.0 Å². The van der Waals surface area contributed by atoms with Crippen molar-refractivity contribution in [2.75, 3.05) is 13.7 Å². The summed E-state index contributed by atoms with van der Waals surface area (Å²) < 4.78 is 10.0. The van der Waals surface area contributed by atoms with E-state index >= 15 is 0 Å². The number of nitrogens with zero attached hydrogens (tertiary/aromatic N) is 2. The average molecular weight is 213 g/mol. The van der Waals surface area contributed by atoms with Gasteiger partial charge in [-0.25, -0.2) is 0 Å². The highest BCUT2D eigenvalue weighted by molar-refractivity contribution is 4.92. The van der Waals surface area contributed by atoms with Crippen molar-refractivity contribution < 1.29 is 9.26 Å². The van der Waals surface area contributed by atoms with Gasteiger partial charge in [0.15, 0.2) is 5.82 Å². The minimum Gasteiger partial charge on any atom is -0.385 e. The van der Waals surface area contributed by atoms with Gasteiger partial charge in [-0.15, -0.1) is 0 Å². The van der Waals surface area contributed by atoms with Crippen LogP contribution in [0.5, 0.6) is 0 Å². The maximum atomic E-state index is 5.86. The van der Waals surface area contributed by atoms with Crippen molar-refractivity contribution in [2.24, 2.45) is 5.73 Å². The zero-order valence-corrected chi connectivity index (χ0v) is 9.40. The first kappa shape index (κ1) is 12.1.